The Bertz CT molecular complexity index is 782. The molecule has 1 aromatic heterocycles. The first kappa shape index (κ1) is 16.1. The Labute approximate surface area is 147 Å². The maximum atomic E-state index is 12.6. The third-order valence-electron chi connectivity index (χ3n) is 5.59. The van der Waals surface area contributed by atoms with Crippen LogP contribution in [0.1, 0.15) is 36.8 Å². The van der Waals surface area contributed by atoms with E-state index in [-0.39, 0.29) is 11.3 Å². The van der Waals surface area contributed by atoms with Crippen LogP contribution in [0.15, 0.2) is 42.6 Å². The van der Waals surface area contributed by atoms with Crippen LogP contribution >= 0.6 is 0 Å². The van der Waals surface area contributed by atoms with E-state index in [0.717, 1.165) is 43.5 Å². The number of carbonyl (C=O) groups excluding carboxylic acids is 1. The number of hydrogen-bond acceptors (Lipinski definition) is 4. The first-order valence-electron chi connectivity index (χ1n) is 8.85. The molecule has 0 saturated heterocycles. The van der Waals surface area contributed by atoms with Gasteiger partial charge in [-0.1, -0.05) is 24.3 Å². The molecule has 5 heteroatoms. The number of methoxy groups -OCH3 is 1. The fourth-order valence-corrected chi connectivity index (χ4v) is 4.18. The van der Waals surface area contributed by atoms with Gasteiger partial charge >= 0.3 is 0 Å². The number of hydrogen-bond donors (Lipinski definition) is 2. The van der Waals surface area contributed by atoms with Crippen molar-refractivity contribution in [3.8, 4) is 5.88 Å². The molecule has 0 unspecified atom stereocenters. The van der Waals surface area contributed by atoms with Crippen molar-refractivity contribution in [2.24, 2.45) is 0 Å². The minimum Gasteiger partial charge on any atom is -0.481 e. The molecule has 2 heterocycles. The van der Waals surface area contributed by atoms with Gasteiger partial charge in [0.05, 0.1) is 12.5 Å². The van der Waals surface area contributed by atoms with Gasteiger partial charge in [-0.3, -0.25) is 4.79 Å². The third-order valence-corrected chi connectivity index (χ3v) is 5.59. The summed E-state index contributed by atoms with van der Waals surface area (Å²) in [4.78, 5) is 16.9. The fourth-order valence-electron chi connectivity index (χ4n) is 4.18. The number of aromatic nitrogens is 1. The van der Waals surface area contributed by atoms with Crippen molar-refractivity contribution in [3.05, 3.63) is 53.7 Å². The van der Waals surface area contributed by atoms with Gasteiger partial charge in [-0.25, -0.2) is 4.98 Å². The molecule has 5 nitrogen and oxygen atoms in total. The van der Waals surface area contributed by atoms with Gasteiger partial charge in [0.25, 0.3) is 0 Å². The molecule has 25 heavy (non-hydrogen) atoms. The smallest absolute Gasteiger partial charge is 0.235 e. The molecule has 1 amide bonds. The Balaban J connectivity index is 1.41. The van der Waals surface area contributed by atoms with Crippen molar-refractivity contribution >= 4 is 11.6 Å². The van der Waals surface area contributed by atoms with Gasteiger partial charge in [0, 0.05) is 30.0 Å². The molecule has 1 fully saturated rings. The minimum absolute atomic E-state index is 0.168. The number of anilines is 1. The van der Waals surface area contributed by atoms with Gasteiger partial charge < -0.3 is 15.4 Å². The van der Waals surface area contributed by atoms with Gasteiger partial charge in [-0.2, -0.15) is 0 Å². The predicted molar refractivity (Wildman–Crippen MR) is 96.6 cm³/mol. The third kappa shape index (κ3) is 2.78. The topological polar surface area (TPSA) is 63.2 Å². The first-order chi connectivity index (χ1) is 12.2. The van der Waals surface area contributed by atoms with Gasteiger partial charge in [0.1, 0.15) is 0 Å². The van der Waals surface area contributed by atoms with Gasteiger partial charge in [-0.15, -0.1) is 0 Å². The molecule has 1 aliphatic carbocycles. The van der Waals surface area contributed by atoms with Crippen LogP contribution < -0.4 is 15.4 Å². The van der Waals surface area contributed by atoms with Gasteiger partial charge in [0.2, 0.25) is 11.8 Å². The highest BCUT2D eigenvalue weighted by Gasteiger charge is 2.48. The summed E-state index contributed by atoms with van der Waals surface area (Å²) in [6.07, 6.45) is 5.49. The monoisotopic (exact) mass is 337 g/mol. The number of amides is 1. The van der Waals surface area contributed by atoms with Crippen LogP contribution in [-0.2, 0) is 16.8 Å². The molecular formula is C20H23N3O2. The fraction of sp³-hybridized carbons (Fsp3) is 0.400. The Morgan fingerprint density at radius 3 is 2.84 bits per heavy atom. The number of benzene rings is 1. The molecule has 0 bridgehead atoms. The van der Waals surface area contributed by atoms with Crippen LogP contribution in [0.2, 0.25) is 0 Å². The Morgan fingerprint density at radius 2 is 2.04 bits per heavy atom. The van der Waals surface area contributed by atoms with E-state index in [1.807, 2.05) is 30.3 Å². The van der Waals surface area contributed by atoms with Crippen molar-refractivity contribution < 1.29 is 9.53 Å². The van der Waals surface area contributed by atoms with Crippen LogP contribution in [0.4, 0.5) is 5.69 Å². The standard InChI is InChI=1S/C20H23N3O2/c1-25-18-14(5-4-12-21-18)13-22-15-8-10-20(11-9-15)16-6-2-3-7-17(16)23-19(20)24/h2-7,12,15,22H,8-11,13H2,1H3,(H,23,24). The first-order valence-corrected chi connectivity index (χ1v) is 8.85. The summed E-state index contributed by atoms with van der Waals surface area (Å²) in [6, 6.07) is 12.5. The van der Waals surface area contributed by atoms with Crippen LogP contribution in [0, 0.1) is 0 Å². The minimum atomic E-state index is -0.333. The number of fused-ring (bicyclic) bond motifs is 2. The summed E-state index contributed by atoms with van der Waals surface area (Å²) < 4.78 is 5.31. The quantitative estimate of drug-likeness (QED) is 0.900. The molecule has 0 radical (unpaired) electrons. The van der Waals surface area contributed by atoms with E-state index in [1.54, 1.807) is 13.3 Å². The van der Waals surface area contributed by atoms with E-state index >= 15 is 0 Å². The average molecular weight is 337 g/mol. The van der Waals surface area contributed by atoms with Crippen LogP contribution in [0.5, 0.6) is 5.88 Å². The van der Waals surface area contributed by atoms with E-state index in [0.29, 0.717) is 11.9 Å². The number of pyridine rings is 1. The lowest BCUT2D eigenvalue weighted by Crippen LogP contribution is -2.43. The number of nitrogens with one attached hydrogen (secondary N) is 2. The second-order valence-electron chi connectivity index (χ2n) is 6.91. The van der Waals surface area contributed by atoms with Gasteiger partial charge in [0.15, 0.2) is 0 Å². The highest BCUT2D eigenvalue weighted by Crippen LogP contribution is 2.47. The van der Waals surface area contributed by atoms with E-state index in [2.05, 4.69) is 21.7 Å². The van der Waals surface area contributed by atoms with E-state index < -0.39 is 0 Å². The largest absolute Gasteiger partial charge is 0.481 e. The summed E-state index contributed by atoms with van der Waals surface area (Å²) >= 11 is 0. The highest BCUT2D eigenvalue weighted by molar-refractivity contribution is 6.06. The maximum absolute atomic E-state index is 12.6. The lowest BCUT2D eigenvalue weighted by molar-refractivity contribution is -0.122. The molecule has 1 aliphatic heterocycles. The zero-order valence-corrected chi connectivity index (χ0v) is 14.4. The van der Waals surface area contributed by atoms with Gasteiger partial charge in [-0.05, 0) is 43.4 Å². The van der Waals surface area contributed by atoms with Crippen molar-refractivity contribution in [3.63, 3.8) is 0 Å². The second kappa shape index (κ2) is 6.48. The van der Waals surface area contributed by atoms with Crippen LogP contribution in [-0.4, -0.2) is 24.0 Å². The number of carbonyl (C=O) groups is 1. The number of rotatable bonds is 4. The predicted octanol–water partition coefficient (Wildman–Crippen LogP) is 3.01. The average Bonchev–Trinajstić information content (AvgIpc) is 2.93. The molecule has 1 aromatic carbocycles. The van der Waals surface area contributed by atoms with E-state index in [4.69, 9.17) is 4.74 Å². The van der Waals surface area contributed by atoms with Crippen molar-refractivity contribution in [2.75, 3.05) is 12.4 Å². The maximum Gasteiger partial charge on any atom is 0.235 e. The number of ether oxygens (including phenoxy) is 1. The van der Waals surface area contributed by atoms with Crippen LogP contribution in [0.3, 0.4) is 0 Å². The molecule has 0 atom stereocenters. The molecule has 2 aliphatic rings. The zero-order chi connectivity index (χ0) is 17.3. The molecule has 1 spiro atoms. The summed E-state index contributed by atoms with van der Waals surface area (Å²) in [5.74, 6) is 0.840. The molecule has 1 saturated carbocycles. The number of para-hydroxylation sites is 1. The van der Waals surface area contributed by atoms with Crippen LogP contribution in [0.25, 0.3) is 0 Å². The molecule has 2 N–H and O–H groups in total. The number of nitrogens with zero attached hydrogens (tertiary/aromatic N) is 1. The zero-order valence-electron chi connectivity index (χ0n) is 14.4. The van der Waals surface area contributed by atoms with Crippen molar-refractivity contribution in [1.29, 1.82) is 0 Å². The Kier molecular flexibility index (Phi) is 4.17. The van der Waals surface area contributed by atoms with E-state index in [1.165, 1.54) is 5.56 Å². The lowest BCUT2D eigenvalue weighted by Gasteiger charge is -2.36. The molecule has 4 rings (SSSR count). The highest BCUT2D eigenvalue weighted by atomic mass is 16.5. The summed E-state index contributed by atoms with van der Waals surface area (Å²) in [6.45, 7) is 0.734. The molecular weight excluding hydrogens is 314 g/mol. The SMILES string of the molecule is COc1ncccc1CNC1CCC2(CC1)C(=O)Nc1ccccc12. The van der Waals surface area contributed by atoms with Crippen molar-refractivity contribution in [1.82, 2.24) is 10.3 Å². The summed E-state index contributed by atoms with van der Waals surface area (Å²) in [5, 5.41) is 6.67. The summed E-state index contributed by atoms with van der Waals surface area (Å²) in [7, 11) is 1.65. The lowest BCUT2D eigenvalue weighted by atomic mass is 9.69. The Hall–Kier alpha value is -2.40. The summed E-state index contributed by atoms with van der Waals surface area (Å²) in [5.41, 5.74) is 2.89. The normalized spacial score (nSPS) is 24.8. The second-order valence-corrected chi connectivity index (χ2v) is 6.91. The Morgan fingerprint density at radius 1 is 1.24 bits per heavy atom. The molecule has 130 valence electrons. The van der Waals surface area contributed by atoms with E-state index in [9.17, 15) is 4.79 Å². The molecule has 2 aromatic rings. The van der Waals surface area contributed by atoms with Crippen molar-refractivity contribution in [2.45, 2.75) is 43.7 Å².